The van der Waals surface area contributed by atoms with Gasteiger partial charge in [-0.3, -0.25) is 9.59 Å². The summed E-state index contributed by atoms with van der Waals surface area (Å²) in [6, 6.07) is 0. The molecule has 2 aliphatic carbocycles. The molecule has 4 rings (SSSR count). The molecule has 0 aromatic heterocycles. The second-order valence-corrected chi connectivity index (χ2v) is 7.71. The van der Waals surface area contributed by atoms with Crippen molar-refractivity contribution >= 4 is 11.8 Å². The van der Waals surface area contributed by atoms with Crippen LogP contribution in [0.2, 0.25) is 0 Å². The molecule has 0 aromatic rings. The van der Waals surface area contributed by atoms with Gasteiger partial charge in [-0.2, -0.15) is 0 Å². The van der Waals surface area contributed by atoms with E-state index >= 15 is 0 Å². The van der Waals surface area contributed by atoms with Crippen molar-refractivity contribution in [3.05, 3.63) is 23.0 Å². The van der Waals surface area contributed by atoms with E-state index in [4.69, 9.17) is 15.2 Å². The second kappa shape index (κ2) is 6.16. The van der Waals surface area contributed by atoms with E-state index in [2.05, 4.69) is 5.32 Å². The molecule has 0 spiro atoms. The number of carbonyl (C=O) groups is 2. The van der Waals surface area contributed by atoms with Gasteiger partial charge in [-0.15, -0.1) is 0 Å². The van der Waals surface area contributed by atoms with Gasteiger partial charge in [-0.05, 0) is 49.5 Å². The Hall–Kier alpha value is -1.82. The van der Waals surface area contributed by atoms with E-state index < -0.39 is 5.41 Å². The SMILES string of the molecule is CNC(=O)C1=CC(C(N)=O)(C2CC2)CC2=C1OCC2C1CCOCC1. The number of carbonyl (C=O) groups excluding carboxylic acids is 2. The third-order valence-electron chi connectivity index (χ3n) is 6.35. The van der Waals surface area contributed by atoms with Crippen molar-refractivity contribution in [2.45, 2.75) is 32.1 Å². The molecule has 2 amide bonds. The Morgan fingerprint density at radius 1 is 1.24 bits per heavy atom. The molecule has 0 bridgehead atoms. The summed E-state index contributed by atoms with van der Waals surface area (Å²) in [7, 11) is 1.60. The molecule has 6 heteroatoms. The molecule has 0 aromatic carbocycles. The smallest absolute Gasteiger partial charge is 0.254 e. The van der Waals surface area contributed by atoms with E-state index in [0.717, 1.165) is 44.5 Å². The summed E-state index contributed by atoms with van der Waals surface area (Å²) < 4.78 is 11.5. The largest absolute Gasteiger partial charge is 0.492 e. The lowest BCUT2D eigenvalue weighted by Crippen LogP contribution is -2.42. The van der Waals surface area contributed by atoms with Crippen LogP contribution >= 0.6 is 0 Å². The zero-order valence-electron chi connectivity index (χ0n) is 14.7. The van der Waals surface area contributed by atoms with Crippen molar-refractivity contribution in [2.75, 3.05) is 26.9 Å². The molecule has 1 saturated carbocycles. The summed E-state index contributed by atoms with van der Waals surface area (Å²) in [6.45, 7) is 2.13. The summed E-state index contributed by atoms with van der Waals surface area (Å²) >= 11 is 0. The van der Waals surface area contributed by atoms with Crippen LogP contribution in [0.1, 0.15) is 32.1 Å². The van der Waals surface area contributed by atoms with Crippen LogP contribution in [0, 0.1) is 23.2 Å². The first-order chi connectivity index (χ1) is 12.1. The van der Waals surface area contributed by atoms with Gasteiger partial charge in [0, 0.05) is 26.2 Å². The summed E-state index contributed by atoms with van der Waals surface area (Å²) in [6.07, 6.45) is 6.38. The minimum absolute atomic E-state index is 0.203. The monoisotopic (exact) mass is 346 g/mol. The molecule has 136 valence electrons. The number of hydrogen-bond acceptors (Lipinski definition) is 4. The summed E-state index contributed by atoms with van der Waals surface area (Å²) in [5.41, 5.74) is 6.73. The number of hydrogen-bond donors (Lipinski definition) is 2. The first kappa shape index (κ1) is 16.6. The average molecular weight is 346 g/mol. The standard InChI is InChI=1S/C19H26N2O4/c1-21-17(22)14-9-19(18(20)23,12-2-3-12)8-13-15(10-25-16(13)14)11-4-6-24-7-5-11/h9,11-12,15H,2-8,10H2,1H3,(H2,20,23)(H,21,22). The highest BCUT2D eigenvalue weighted by Gasteiger charge is 2.54. The Morgan fingerprint density at radius 2 is 1.96 bits per heavy atom. The fraction of sp³-hybridized carbons (Fsp3) is 0.684. The van der Waals surface area contributed by atoms with E-state index in [9.17, 15) is 9.59 Å². The zero-order chi connectivity index (χ0) is 17.6. The van der Waals surface area contributed by atoms with Crippen LogP contribution in [0.5, 0.6) is 0 Å². The van der Waals surface area contributed by atoms with Crippen LogP contribution < -0.4 is 11.1 Å². The molecule has 2 heterocycles. The molecular formula is C19H26N2O4. The Morgan fingerprint density at radius 3 is 2.56 bits per heavy atom. The fourth-order valence-electron chi connectivity index (χ4n) is 4.75. The lowest BCUT2D eigenvalue weighted by molar-refractivity contribution is -0.126. The Kier molecular flexibility index (Phi) is 4.10. The number of amides is 2. The molecular weight excluding hydrogens is 320 g/mol. The summed E-state index contributed by atoms with van der Waals surface area (Å²) in [5.74, 6) is 1.15. The maximum atomic E-state index is 12.5. The van der Waals surface area contributed by atoms with Crippen molar-refractivity contribution in [2.24, 2.45) is 28.9 Å². The number of nitrogens with two attached hydrogens (primary N) is 1. The van der Waals surface area contributed by atoms with Gasteiger partial charge in [0.25, 0.3) is 5.91 Å². The molecule has 25 heavy (non-hydrogen) atoms. The highest BCUT2D eigenvalue weighted by atomic mass is 16.5. The molecule has 1 saturated heterocycles. The third-order valence-corrected chi connectivity index (χ3v) is 6.35. The van der Waals surface area contributed by atoms with Gasteiger partial charge in [0.2, 0.25) is 5.91 Å². The first-order valence-electron chi connectivity index (χ1n) is 9.25. The lowest BCUT2D eigenvalue weighted by atomic mass is 9.67. The van der Waals surface area contributed by atoms with E-state index in [1.54, 1.807) is 13.1 Å². The lowest BCUT2D eigenvalue weighted by Gasteiger charge is -2.35. The van der Waals surface area contributed by atoms with Crippen molar-refractivity contribution in [3.63, 3.8) is 0 Å². The Labute approximate surface area is 147 Å². The van der Waals surface area contributed by atoms with Crippen molar-refractivity contribution in [1.82, 2.24) is 5.32 Å². The minimum atomic E-state index is -0.738. The van der Waals surface area contributed by atoms with Crippen LogP contribution in [0.15, 0.2) is 23.0 Å². The van der Waals surface area contributed by atoms with Crippen LogP contribution in [-0.2, 0) is 19.1 Å². The van der Waals surface area contributed by atoms with Gasteiger partial charge in [0.1, 0.15) is 5.76 Å². The van der Waals surface area contributed by atoms with Gasteiger partial charge in [0.15, 0.2) is 0 Å². The minimum Gasteiger partial charge on any atom is -0.492 e. The maximum absolute atomic E-state index is 12.5. The van der Waals surface area contributed by atoms with Gasteiger partial charge in [-0.25, -0.2) is 0 Å². The van der Waals surface area contributed by atoms with Crippen LogP contribution in [0.25, 0.3) is 0 Å². The molecule has 2 atom stereocenters. The van der Waals surface area contributed by atoms with E-state index in [1.165, 1.54) is 0 Å². The van der Waals surface area contributed by atoms with Gasteiger partial charge in [0.05, 0.1) is 17.6 Å². The molecule has 6 nitrogen and oxygen atoms in total. The van der Waals surface area contributed by atoms with Gasteiger partial charge < -0.3 is 20.5 Å². The Balaban J connectivity index is 1.74. The topological polar surface area (TPSA) is 90.7 Å². The van der Waals surface area contributed by atoms with Gasteiger partial charge in [-0.1, -0.05) is 6.08 Å². The molecule has 4 aliphatic rings. The summed E-state index contributed by atoms with van der Waals surface area (Å²) in [4.78, 5) is 24.9. The maximum Gasteiger partial charge on any atom is 0.254 e. The quantitative estimate of drug-likeness (QED) is 0.802. The van der Waals surface area contributed by atoms with Crippen molar-refractivity contribution in [3.8, 4) is 0 Å². The second-order valence-electron chi connectivity index (χ2n) is 7.71. The number of ether oxygens (including phenoxy) is 2. The number of nitrogens with one attached hydrogen (secondary N) is 1. The predicted octanol–water partition coefficient (Wildman–Crippen LogP) is 1.27. The van der Waals surface area contributed by atoms with Crippen LogP contribution in [0.3, 0.4) is 0 Å². The number of rotatable bonds is 4. The normalized spacial score (nSPS) is 32.7. The predicted molar refractivity (Wildman–Crippen MR) is 91.1 cm³/mol. The summed E-state index contributed by atoms with van der Waals surface area (Å²) in [5, 5.41) is 2.68. The zero-order valence-corrected chi connectivity index (χ0v) is 14.7. The highest BCUT2D eigenvalue weighted by Crippen LogP contribution is 2.56. The molecule has 2 aliphatic heterocycles. The van der Waals surface area contributed by atoms with Crippen molar-refractivity contribution < 1.29 is 19.1 Å². The number of likely N-dealkylation sites (N-methyl/N-ethyl adjacent to an activating group) is 1. The third kappa shape index (κ3) is 2.67. The van der Waals surface area contributed by atoms with Gasteiger partial charge >= 0.3 is 0 Å². The van der Waals surface area contributed by atoms with E-state index in [1.807, 2.05) is 0 Å². The fourth-order valence-corrected chi connectivity index (χ4v) is 4.75. The average Bonchev–Trinajstić information content (AvgIpc) is 3.41. The molecule has 0 radical (unpaired) electrons. The molecule has 3 N–H and O–H groups in total. The first-order valence-corrected chi connectivity index (χ1v) is 9.25. The van der Waals surface area contributed by atoms with Crippen LogP contribution in [0.4, 0.5) is 0 Å². The van der Waals surface area contributed by atoms with Crippen LogP contribution in [-0.4, -0.2) is 38.7 Å². The highest BCUT2D eigenvalue weighted by molar-refractivity contribution is 6.00. The molecule has 2 fully saturated rings. The Bertz CT molecular complexity index is 658. The number of primary amides is 1. The van der Waals surface area contributed by atoms with E-state index in [-0.39, 0.29) is 23.7 Å². The molecule has 2 unspecified atom stereocenters. The van der Waals surface area contributed by atoms with Crippen molar-refractivity contribution in [1.29, 1.82) is 0 Å². The van der Waals surface area contributed by atoms with E-state index in [0.29, 0.717) is 30.3 Å².